The van der Waals surface area contributed by atoms with Crippen LogP contribution in [-0.2, 0) is 20.8 Å². The third-order valence-corrected chi connectivity index (χ3v) is 6.20. The summed E-state index contributed by atoms with van der Waals surface area (Å²) in [6, 6.07) is 9.88. The van der Waals surface area contributed by atoms with E-state index >= 15 is 0 Å². The number of fused-ring (bicyclic) bond motifs is 2. The molecule has 1 saturated carbocycles. The number of hydrogen-bond donors (Lipinski definition) is 2. The van der Waals surface area contributed by atoms with Crippen LogP contribution < -0.4 is 10.5 Å². The van der Waals surface area contributed by atoms with Crippen molar-refractivity contribution in [1.29, 1.82) is 0 Å². The summed E-state index contributed by atoms with van der Waals surface area (Å²) in [5.74, 6) is 0.399. The first-order valence-electron chi connectivity index (χ1n) is 9.89. The molecule has 2 aromatic heterocycles. The second-order valence-corrected chi connectivity index (χ2v) is 7.70. The van der Waals surface area contributed by atoms with E-state index in [0.29, 0.717) is 30.3 Å². The maximum Gasteiger partial charge on any atom is 0.247 e. The summed E-state index contributed by atoms with van der Waals surface area (Å²) in [4.78, 5) is 12.8. The Morgan fingerprint density at radius 1 is 1.27 bits per heavy atom. The van der Waals surface area contributed by atoms with Crippen LogP contribution in [0.3, 0.4) is 0 Å². The zero-order chi connectivity index (χ0) is 20.5. The standard InChI is InChI=1S/C20H21N5O5/c1-2-27-15-12-14(23-18(21)24-15)25(10-22-12)16-13-20(17(29-13)19(20,9-26)30-16)28-8-11-6-4-3-5-7-11/h3-7,10,13,16-17,26H,2,8-9H2,1H3,(H2,21,23,24)/t13-,16+,17?,19-,20+/m0/s1. The Morgan fingerprint density at radius 3 is 2.87 bits per heavy atom. The molecule has 0 spiro atoms. The summed E-state index contributed by atoms with van der Waals surface area (Å²) in [5.41, 5.74) is 6.30. The van der Waals surface area contributed by atoms with Crippen LogP contribution in [-0.4, -0.2) is 61.2 Å². The fraction of sp³-hybridized carbons (Fsp3) is 0.450. The third-order valence-electron chi connectivity index (χ3n) is 6.20. The maximum atomic E-state index is 10.1. The predicted octanol–water partition coefficient (Wildman–Crippen LogP) is 0.804. The number of aromatic nitrogens is 4. The van der Waals surface area contributed by atoms with Gasteiger partial charge in [-0.25, -0.2) is 4.98 Å². The first-order chi connectivity index (χ1) is 14.6. The zero-order valence-corrected chi connectivity index (χ0v) is 16.3. The van der Waals surface area contributed by atoms with Gasteiger partial charge >= 0.3 is 0 Å². The highest BCUT2D eigenvalue weighted by atomic mass is 16.7. The number of aliphatic hydroxyl groups is 1. The average Bonchev–Trinajstić information content (AvgIpc) is 3.03. The van der Waals surface area contributed by atoms with E-state index in [1.165, 1.54) is 0 Å². The van der Waals surface area contributed by atoms with Crippen LogP contribution in [0.1, 0.15) is 18.7 Å². The number of imidazole rings is 1. The van der Waals surface area contributed by atoms with Gasteiger partial charge in [-0.3, -0.25) is 4.57 Å². The van der Waals surface area contributed by atoms with Crippen molar-refractivity contribution in [2.24, 2.45) is 0 Å². The normalized spacial score (nSPS) is 33.3. The second-order valence-electron chi connectivity index (χ2n) is 7.70. The van der Waals surface area contributed by atoms with Crippen molar-refractivity contribution < 1.29 is 24.1 Å². The van der Waals surface area contributed by atoms with Crippen molar-refractivity contribution in [1.82, 2.24) is 19.5 Å². The molecule has 3 aromatic rings. The topological polar surface area (TPSA) is 127 Å². The van der Waals surface area contributed by atoms with Crippen LogP contribution in [0, 0.1) is 0 Å². The van der Waals surface area contributed by atoms with Gasteiger partial charge in [0.05, 0.1) is 26.1 Å². The summed E-state index contributed by atoms with van der Waals surface area (Å²) in [5, 5.41) is 10.1. The van der Waals surface area contributed by atoms with E-state index in [4.69, 9.17) is 24.7 Å². The Labute approximate surface area is 171 Å². The summed E-state index contributed by atoms with van der Waals surface area (Å²) in [7, 11) is 0. The van der Waals surface area contributed by atoms with Crippen LogP contribution in [0.4, 0.5) is 5.95 Å². The highest BCUT2D eigenvalue weighted by molar-refractivity contribution is 5.77. The number of nitrogens with two attached hydrogens (primary N) is 1. The molecule has 4 heterocycles. The van der Waals surface area contributed by atoms with E-state index in [2.05, 4.69) is 15.0 Å². The van der Waals surface area contributed by atoms with Crippen molar-refractivity contribution in [3.8, 4) is 5.88 Å². The molecule has 1 unspecified atom stereocenters. The Balaban J connectivity index is 1.34. The molecular formula is C20H21N5O5. The van der Waals surface area contributed by atoms with Crippen molar-refractivity contribution in [3.05, 3.63) is 42.2 Å². The maximum absolute atomic E-state index is 10.1. The number of benzene rings is 1. The third kappa shape index (κ3) is 2.08. The molecule has 0 radical (unpaired) electrons. The van der Waals surface area contributed by atoms with Crippen molar-refractivity contribution in [2.75, 3.05) is 18.9 Å². The van der Waals surface area contributed by atoms with Gasteiger partial charge in [-0.15, -0.1) is 0 Å². The van der Waals surface area contributed by atoms with Crippen molar-refractivity contribution >= 4 is 17.1 Å². The SMILES string of the molecule is CCOc1nc(N)nc2c1ncn2[C@@H]1O[C@@]2(CO)C3O[C@@H]1[C@@]32OCc1ccccc1. The first kappa shape index (κ1) is 18.0. The van der Waals surface area contributed by atoms with Gasteiger partial charge in [0.1, 0.15) is 12.2 Å². The molecular weight excluding hydrogens is 390 g/mol. The van der Waals surface area contributed by atoms with Crippen molar-refractivity contribution in [3.63, 3.8) is 0 Å². The van der Waals surface area contributed by atoms with Crippen LogP contribution >= 0.6 is 0 Å². The quantitative estimate of drug-likeness (QED) is 0.580. The molecule has 156 valence electrons. The highest BCUT2D eigenvalue weighted by Crippen LogP contribution is 2.74. The van der Waals surface area contributed by atoms with E-state index in [9.17, 15) is 5.11 Å². The van der Waals surface area contributed by atoms with Gasteiger partial charge < -0.3 is 29.8 Å². The van der Waals surface area contributed by atoms with Gasteiger partial charge in [-0.2, -0.15) is 9.97 Å². The summed E-state index contributed by atoms with van der Waals surface area (Å²) >= 11 is 0. The molecule has 3 N–H and O–H groups in total. The molecule has 2 saturated heterocycles. The lowest BCUT2D eigenvalue weighted by Gasteiger charge is -2.38. The second kappa shape index (κ2) is 6.11. The summed E-state index contributed by atoms with van der Waals surface area (Å²) < 4.78 is 25.9. The van der Waals surface area contributed by atoms with Crippen LogP contribution in [0.2, 0.25) is 0 Å². The minimum absolute atomic E-state index is 0.0789. The smallest absolute Gasteiger partial charge is 0.247 e. The zero-order valence-electron chi connectivity index (χ0n) is 16.3. The largest absolute Gasteiger partial charge is 0.476 e. The van der Waals surface area contributed by atoms with Crippen molar-refractivity contribution in [2.45, 2.75) is 43.2 Å². The average molecular weight is 411 g/mol. The van der Waals surface area contributed by atoms with E-state index in [1.54, 1.807) is 10.9 Å². The number of rotatable bonds is 7. The molecule has 1 aliphatic carbocycles. The van der Waals surface area contributed by atoms with Crippen LogP contribution in [0.25, 0.3) is 11.2 Å². The predicted molar refractivity (Wildman–Crippen MR) is 103 cm³/mol. The number of anilines is 1. The Morgan fingerprint density at radius 2 is 2.10 bits per heavy atom. The molecule has 10 heteroatoms. The van der Waals surface area contributed by atoms with Gasteiger partial charge in [-0.05, 0) is 12.5 Å². The first-order valence-corrected chi connectivity index (χ1v) is 9.89. The fourth-order valence-electron chi connectivity index (χ4n) is 4.79. The van der Waals surface area contributed by atoms with E-state index in [1.807, 2.05) is 37.3 Å². The van der Waals surface area contributed by atoms with E-state index in [-0.39, 0.29) is 18.7 Å². The minimum Gasteiger partial charge on any atom is -0.476 e. The Kier molecular flexibility index (Phi) is 3.67. The number of hydrogen-bond acceptors (Lipinski definition) is 9. The molecule has 6 rings (SSSR count). The number of ether oxygens (including phenoxy) is 4. The lowest BCUT2D eigenvalue weighted by Crippen LogP contribution is -2.51. The Hall–Kier alpha value is -2.79. The van der Waals surface area contributed by atoms with E-state index in [0.717, 1.165) is 5.56 Å². The molecule has 5 atom stereocenters. The lowest BCUT2D eigenvalue weighted by atomic mass is 10.1. The summed E-state index contributed by atoms with van der Waals surface area (Å²) in [6.07, 6.45) is 0.353. The van der Waals surface area contributed by atoms with Gasteiger partial charge in [0.15, 0.2) is 28.6 Å². The van der Waals surface area contributed by atoms with Gasteiger partial charge in [0, 0.05) is 0 Å². The molecule has 2 aliphatic heterocycles. The molecule has 30 heavy (non-hydrogen) atoms. The fourth-order valence-corrected chi connectivity index (χ4v) is 4.79. The monoisotopic (exact) mass is 411 g/mol. The molecule has 3 aliphatic rings. The molecule has 3 fully saturated rings. The van der Waals surface area contributed by atoms with Gasteiger partial charge in [0.25, 0.3) is 0 Å². The number of nitrogens with zero attached hydrogens (tertiary/aromatic N) is 4. The van der Waals surface area contributed by atoms with Crippen LogP contribution in [0.5, 0.6) is 5.88 Å². The lowest BCUT2D eigenvalue weighted by molar-refractivity contribution is -0.247. The molecule has 10 nitrogen and oxygen atoms in total. The highest BCUT2D eigenvalue weighted by Gasteiger charge is 2.97. The Bertz CT molecular complexity index is 1120. The summed E-state index contributed by atoms with van der Waals surface area (Å²) in [6.45, 7) is 2.49. The minimum atomic E-state index is -0.894. The molecule has 0 amide bonds. The molecule has 0 bridgehead atoms. The van der Waals surface area contributed by atoms with Gasteiger partial charge in [0.2, 0.25) is 11.8 Å². The number of nitrogen functional groups attached to an aromatic ring is 1. The molecule has 1 aromatic carbocycles. The van der Waals surface area contributed by atoms with Gasteiger partial charge in [-0.1, -0.05) is 30.3 Å². The number of aliphatic hydroxyl groups excluding tert-OH is 1. The van der Waals surface area contributed by atoms with E-state index < -0.39 is 23.5 Å². The van der Waals surface area contributed by atoms with Crippen LogP contribution in [0.15, 0.2) is 36.7 Å².